The first-order chi connectivity index (χ1) is 10.1. The first-order valence-electron chi connectivity index (χ1n) is 7.48. The Morgan fingerprint density at radius 1 is 1.33 bits per heavy atom. The SMILES string of the molecule is CCCC(O)(CCC)CC(=O)NCC#Cc1ccccn1. The maximum Gasteiger partial charge on any atom is 0.223 e. The lowest BCUT2D eigenvalue weighted by atomic mass is 9.89. The fourth-order valence-corrected chi connectivity index (χ4v) is 2.31. The summed E-state index contributed by atoms with van der Waals surface area (Å²) >= 11 is 0. The minimum absolute atomic E-state index is 0.139. The predicted molar refractivity (Wildman–Crippen MR) is 83.5 cm³/mol. The van der Waals surface area contributed by atoms with Gasteiger partial charge in [-0.15, -0.1) is 0 Å². The van der Waals surface area contributed by atoms with Gasteiger partial charge < -0.3 is 10.4 Å². The molecule has 4 heteroatoms. The molecule has 0 bridgehead atoms. The number of carbonyl (C=O) groups excluding carboxylic acids is 1. The molecule has 1 rings (SSSR count). The standard InChI is InChI=1S/C17H24N2O2/c1-3-10-17(21,11-4-2)14-16(20)19-13-7-9-15-8-5-6-12-18-15/h5-6,8,12,21H,3-4,10-11,13-14H2,1-2H3,(H,19,20). The average Bonchev–Trinajstić information content (AvgIpc) is 2.45. The summed E-state index contributed by atoms with van der Waals surface area (Å²) < 4.78 is 0. The van der Waals surface area contributed by atoms with E-state index in [9.17, 15) is 9.90 Å². The Morgan fingerprint density at radius 2 is 2.05 bits per heavy atom. The Balaban J connectivity index is 2.41. The van der Waals surface area contributed by atoms with Crippen LogP contribution in [0.25, 0.3) is 0 Å². The van der Waals surface area contributed by atoms with Crippen LogP contribution in [0.1, 0.15) is 51.6 Å². The van der Waals surface area contributed by atoms with E-state index in [0.717, 1.165) is 12.8 Å². The van der Waals surface area contributed by atoms with E-state index in [1.54, 1.807) is 6.20 Å². The highest BCUT2D eigenvalue weighted by atomic mass is 16.3. The van der Waals surface area contributed by atoms with Crippen LogP contribution in [0.15, 0.2) is 24.4 Å². The summed E-state index contributed by atoms with van der Waals surface area (Å²) in [4.78, 5) is 15.9. The molecule has 0 saturated heterocycles. The molecule has 0 radical (unpaired) electrons. The molecule has 0 unspecified atom stereocenters. The van der Waals surface area contributed by atoms with Crippen molar-refractivity contribution in [3.63, 3.8) is 0 Å². The molecule has 0 aromatic carbocycles. The second-order valence-electron chi connectivity index (χ2n) is 5.19. The highest BCUT2D eigenvalue weighted by molar-refractivity contribution is 5.77. The monoisotopic (exact) mass is 288 g/mol. The molecule has 0 aliphatic rings. The van der Waals surface area contributed by atoms with E-state index in [-0.39, 0.29) is 18.9 Å². The van der Waals surface area contributed by atoms with Crippen molar-refractivity contribution in [2.45, 2.75) is 51.6 Å². The first kappa shape index (κ1) is 17.2. The van der Waals surface area contributed by atoms with E-state index in [0.29, 0.717) is 18.5 Å². The number of pyridine rings is 1. The molecule has 0 atom stereocenters. The molecule has 1 heterocycles. The average molecular weight is 288 g/mol. The minimum atomic E-state index is -0.887. The number of nitrogens with one attached hydrogen (secondary N) is 1. The lowest BCUT2D eigenvalue weighted by molar-refractivity contribution is -0.126. The molecule has 1 amide bonds. The van der Waals surface area contributed by atoms with E-state index in [4.69, 9.17) is 0 Å². The normalized spacial score (nSPS) is 10.6. The van der Waals surface area contributed by atoms with Crippen LogP contribution in [0, 0.1) is 11.8 Å². The maximum atomic E-state index is 11.9. The zero-order chi connectivity index (χ0) is 15.6. The van der Waals surface area contributed by atoms with Crippen LogP contribution in [-0.4, -0.2) is 28.1 Å². The Labute approximate surface area is 127 Å². The Kier molecular flexibility index (Phi) is 7.49. The van der Waals surface area contributed by atoms with Crippen LogP contribution in [0.2, 0.25) is 0 Å². The third-order valence-corrected chi connectivity index (χ3v) is 3.18. The zero-order valence-electron chi connectivity index (χ0n) is 12.9. The Morgan fingerprint density at radius 3 is 2.62 bits per heavy atom. The lowest BCUT2D eigenvalue weighted by Crippen LogP contribution is -2.36. The minimum Gasteiger partial charge on any atom is -0.389 e. The predicted octanol–water partition coefficient (Wildman–Crippen LogP) is 2.27. The largest absolute Gasteiger partial charge is 0.389 e. The molecule has 0 fully saturated rings. The topological polar surface area (TPSA) is 62.2 Å². The van der Waals surface area contributed by atoms with Gasteiger partial charge in [-0.05, 0) is 30.9 Å². The van der Waals surface area contributed by atoms with E-state index in [1.807, 2.05) is 32.0 Å². The summed E-state index contributed by atoms with van der Waals surface area (Å²) in [7, 11) is 0. The van der Waals surface area contributed by atoms with Gasteiger partial charge in [0.25, 0.3) is 0 Å². The smallest absolute Gasteiger partial charge is 0.223 e. The van der Waals surface area contributed by atoms with Crippen molar-refractivity contribution in [2.75, 3.05) is 6.54 Å². The molecule has 0 aliphatic carbocycles. The molecule has 1 aromatic rings. The number of amides is 1. The van der Waals surface area contributed by atoms with Crippen molar-refractivity contribution in [2.24, 2.45) is 0 Å². The number of hydrogen-bond donors (Lipinski definition) is 2. The summed E-state index contributed by atoms with van der Waals surface area (Å²) in [6.45, 7) is 4.29. The van der Waals surface area contributed by atoms with E-state index >= 15 is 0 Å². The van der Waals surface area contributed by atoms with Crippen molar-refractivity contribution >= 4 is 5.91 Å². The van der Waals surface area contributed by atoms with E-state index < -0.39 is 5.60 Å². The fourth-order valence-electron chi connectivity index (χ4n) is 2.31. The van der Waals surface area contributed by atoms with Crippen molar-refractivity contribution in [1.82, 2.24) is 10.3 Å². The van der Waals surface area contributed by atoms with Crippen molar-refractivity contribution in [3.8, 4) is 11.8 Å². The van der Waals surface area contributed by atoms with Gasteiger partial charge in [0, 0.05) is 6.20 Å². The summed E-state index contributed by atoms with van der Waals surface area (Å²) in [5.74, 6) is 5.57. The molecule has 4 nitrogen and oxygen atoms in total. The number of carbonyl (C=O) groups is 1. The van der Waals surface area contributed by atoms with Crippen LogP contribution in [0.5, 0.6) is 0 Å². The van der Waals surface area contributed by atoms with Gasteiger partial charge in [0.1, 0.15) is 5.69 Å². The molecule has 0 saturated carbocycles. The van der Waals surface area contributed by atoms with Crippen LogP contribution in [0.3, 0.4) is 0 Å². The molecular formula is C17H24N2O2. The molecule has 114 valence electrons. The van der Waals surface area contributed by atoms with Crippen molar-refractivity contribution in [3.05, 3.63) is 30.1 Å². The molecule has 1 aromatic heterocycles. The third kappa shape index (κ3) is 6.92. The fraction of sp³-hybridized carbons (Fsp3) is 0.529. The van der Waals surface area contributed by atoms with Crippen molar-refractivity contribution in [1.29, 1.82) is 0 Å². The number of nitrogens with zero attached hydrogens (tertiary/aromatic N) is 1. The van der Waals surface area contributed by atoms with Gasteiger partial charge in [0.05, 0.1) is 18.6 Å². The van der Waals surface area contributed by atoms with E-state index in [2.05, 4.69) is 22.1 Å². The zero-order valence-corrected chi connectivity index (χ0v) is 12.9. The summed E-state index contributed by atoms with van der Waals surface area (Å²) in [5, 5.41) is 13.1. The molecular weight excluding hydrogens is 264 g/mol. The molecule has 2 N–H and O–H groups in total. The summed E-state index contributed by atoms with van der Waals surface area (Å²) in [5.41, 5.74) is -0.206. The van der Waals surface area contributed by atoms with E-state index in [1.165, 1.54) is 0 Å². The molecule has 0 aliphatic heterocycles. The maximum absolute atomic E-state index is 11.9. The van der Waals surface area contributed by atoms with Crippen LogP contribution < -0.4 is 5.32 Å². The molecule has 0 spiro atoms. The first-order valence-corrected chi connectivity index (χ1v) is 7.48. The number of rotatable bonds is 7. The van der Waals surface area contributed by atoms with Crippen LogP contribution in [0.4, 0.5) is 0 Å². The highest BCUT2D eigenvalue weighted by Gasteiger charge is 2.27. The van der Waals surface area contributed by atoms with Gasteiger partial charge in [-0.3, -0.25) is 4.79 Å². The summed E-state index contributed by atoms with van der Waals surface area (Å²) in [6.07, 6.45) is 4.84. The summed E-state index contributed by atoms with van der Waals surface area (Å²) in [6, 6.07) is 5.51. The highest BCUT2D eigenvalue weighted by Crippen LogP contribution is 2.23. The van der Waals surface area contributed by atoms with Gasteiger partial charge in [-0.1, -0.05) is 38.7 Å². The number of aromatic nitrogens is 1. The number of hydrogen-bond acceptors (Lipinski definition) is 3. The third-order valence-electron chi connectivity index (χ3n) is 3.18. The van der Waals surface area contributed by atoms with Crippen LogP contribution in [-0.2, 0) is 4.79 Å². The van der Waals surface area contributed by atoms with Gasteiger partial charge in [0.2, 0.25) is 5.91 Å². The van der Waals surface area contributed by atoms with Gasteiger partial charge in [-0.2, -0.15) is 0 Å². The van der Waals surface area contributed by atoms with Gasteiger partial charge >= 0.3 is 0 Å². The second kappa shape index (κ2) is 9.15. The second-order valence-corrected chi connectivity index (χ2v) is 5.19. The number of aliphatic hydroxyl groups is 1. The van der Waals surface area contributed by atoms with Crippen LogP contribution >= 0.6 is 0 Å². The van der Waals surface area contributed by atoms with Gasteiger partial charge in [-0.25, -0.2) is 4.98 Å². The molecule has 21 heavy (non-hydrogen) atoms. The Bertz CT molecular complexity index is 483. The lowest BCUT2D eigenvalue weighted by Gasteiger charge is -2.26. The van der Waals surface area contributed by atoms with Crippen molar-refractivity contribution < 1.29 is 9.90 Å². The quantitative estimate of drug-likeness (QED) is 0.757. The van der Waals surface area contributed by atoms with Gasteiger partial charge in [0.15, 0.2) is 0 Å². The Hall–Kier alpha value is -1.86.